The van der Waals surface area contributed by atoms with Crippen LogP contribution in [0.15, 0.2) is 12.1 Å². The third-order valence-electron chi connectivity index (χ3n) is 2.28. The number of aryl methyl sites for hydroxylation is 1. The molecule has 0 aliphatic rings. The molecule has 1 aromatic rings. The highest BCUT2D eigenvalue weighted by Crippen LogP contribution is 2.33. The lowest BCUT2D eigenvalue weighted by atomic mass is 9.95. The molecule has 0 fully saturated rings. The predicted octanol–water partition coefficient (Wildman–Crippen LogP) is 3.05. The van der Waals surface area contributed by atoms with Crippen molar-refractivity contribution in [2.75, 3.05) is 0 Å². The molecule has 0 heterocycles. The van der Waals surface area contributed by atoms with Crippen LogP contribution in [0.5, 0.6) is 5.75 Å². The molecule has 1 N–H and O–H groups in total. The van der Waals surface area contributed by atoms with Gasteiger partial charge >= 0.3 is 0 Å². The van der Waals surface area contributed by atoms with Crippen LogP contribution in [0.25, 0.3) is 0 Å². The Morgan fingerprint density at radius 3 is 2.79 bits per heavy atom. The molecular weight excluding hydrogens is 200 g/mol. The quantitative estimate of drug-likeness (QED) is 0.782. The summed E-state index contributed by atoms with van der Waals surface area (Å²) in [5, 5.41) is 10.3. The second-order valence-electron chi connectivity index (χ2n) is 3.46. The highest BCUT2D eigenvalue weighted by atomic mass is 35.5. The number of benzene rings is 1. The number of aromatic hydroxyl groups is 1. The molecule has 1 atom stereocenters. The number of aldehydes is 1. The van der Waals surface area contributed by atoms with Crippen LogP contribution in [0.2, 0.25) is 5.02 Å². The van der Waals surface area contributed by atoms with Crippen molar-refractivity contribution < 1.29 is 9.90 Å². The van der Waals surface area contributed by atoms with E-state index in [0.717, 1.165) is 17.4 Å². The van der Waals surface area contributed by atoms with Gasteiger partial charge < -0.3 is 9.90 Å². The Hall–Kier alpha value is -1.02. The molecule has 0 bridgehead atoms. The Kier molecular flexibility index (Phi) is 3.53. The van der Waals surface area contributed by atoms with Crippen LogP contribution in [0.1, 0.15) is 30.4 Å². The number of phenolic OH excluding ortho intramolecular Hbond substituents is 1. The number of rotatable bonds is 3. The smallest absolute Gasteiger partial charge is 0.122 e. The number of carbonyl (C=O) groups excluding carboxylic acids is 1. The van der Waals surface area contributed by atoms with E-state index in [1.807, 2.05) is 6.92 Å². The van der Waals surface area contributed by atoms with Gasteiger partial charge in [-0.15, -0.1) is 0 Å². The Labute approximate surface area is 88.5 Å². The van der Waals surface area contributed by atoms with Crippen LogP contribution in [0, 0.1) is 6.92 Å². The lowest BCUT2D eigenvalue weighted by Crippen LogP contribution is -1.96. The van der Waals surface area contributed by atoms with E-state index in [9.17, 15) is 9.90 Å². The van der Waals surface area contributed by atoms with E-state index in [4.69, 9.17) is 11.6 Å². The first-order valence-electron chi connectivity index (χ1n) is 4.49. The van der Waals surface area contributed by atoms with E-state index in [2.05, 4.69) is 0 Å². The molecule has 0 radical (unpaired) electrons. The van der Waals surface area contributed by atoms with Crippen molar-refractivity contribution in [2.45, 2.75) is 26.2 Å². The summed E-state index contributed by atoms with van der Waals surface area (Å²) in [6.45, 7) is 3.68. The molecule has 0 saturated carbocycles. The van der Waals surface area contributed by atoms with E-state index in [0.29, 0.717) is 11.4 Å². The maximum Gasteiger partial charge on any atom is 0.122 e. The SMILES string of the molecule is Cc1cc(Cl)cc(C(C)CC=O)c1O. The molecule has 1 aromatic carbocycles. The summed E-state index contributed by atoms with van der Waals surface area (Å²) in [7, 11) is 0. The molecule has 0 spiro atoms. The molecule has 1 unspecified atom stereocenters. The van der Waals surface area contributed by atoms with E-state index in [1.165, 1.54) is 0 Å². The standard InChI is InChI=1S/C11H13ClO2/c1-7(3-4-13)10-6-9(12)5-8(2)11(10)14/h4-7,14H,3H2,1-2H3. The number of hydrogen-bond donors (Lipinski definition) is 1. The van der Waals surface area contributed by atoms with Crippen molar-refractivity contribution in [3.05, 3.63) is 28.3 Å². The molecule has 0 aliphatic carbocycles. The highest BCUT2D eigenvalue weighted by Gasteiger charge is 2.12. The fourth-order valence-electron chi connectivity index (χ4n) is 1.41. The number of hydrogen-bond acceptors (Lipinski definition) is 2. The zero-order valence-corrected chi connectivity index (χ0v) is 9.01. The minimum Gasteiger partial charge on any atom is -0.507 e. The van der Waals surface area contributed by atoms with Crippen molar-refractivity contribution in [2.24, 2.45) is 0 Å². The van der Waals surface area contributed by atoms with Crippen molar-refractivity contribution in [3.63, 3.8) is 0 Å². The Bertz CT molecular complexity index is 347. The van der Waals surface area contributed by atoms with Crippen LogP contribution in [0.3, 0.4) is 0 Å². The fourth-order valence-corrected chi connectivity index (χ4v) is 1.69. The van der Waals surface area contributed by atoms with Gasteiger partial charge in [0.1, 0.15) is 12.0 Å². The maximum atomic E-state index is 10.4. The van der Waals surface area contributed by atoms with Crippen molar-refractivity contribution in [1.82, 2.24) is 0 Å². The van der Waals surface area contributed by atoms with Gasteiger partial charge in [0.05, 0.1) is 0 Å². The van der Waals surface area contributed by atoms with Gasteiger partial charge in [0.25, 0.3) is 0 Å². The second kappa shape index (κ2) is 4.47. The van der Waals surface area contributed by atoms with Crippen LogP contribution in [-0.2, 0) is 4.79 Å². The molecule has 0 saturated heterocycles. The van der Waals surface area contributed by atoms with Crippen molar-refractivity contribution >= 4 is 17.9 Å². The lowest BCUT2D eigenvalue weighted by Gasteiger charge is -2.12. The Morgan fingerprint density at radius 1 is 1.57 bits per heavy atom. The first-order valence-corrected chi connectivity index (χ1v) is 4.86. The van der Waals surface area contributed by atoms with E-state index in [1.54, 1.807) is 19.1 Å². The highest BCUT2D eigenvalue weighted by molar-refractivity contribution is 6.30. The zero-order valence-electron chi connectivity index (χ0n) is 8.25. The van der Waals surface area contributed by atoms with Gasteiger partial charge in [0.2, 0.25) is 0 Å². The van der Waals surface area contributed by atoms with Crippen LogP contribution < -0.4 is 0 Å². The monoisotopic (exact) mass is 212 g/mol. The Balaban J connectivity index is 3.12. The summed E-state index contributed by atoms with van der Waals surface area (Å²) in [6, 6.07) is 3.41. The molecule has 0 amide bonds. The summed E-state index contributed by atoms with van der Waals surface area (Å²) in [4.78, 5) is 10.4. The molecule has 2 nitrogen and oxygen atoms in total. The van der Waals surface area contributed by atoms with Crippen molar-refractivity contribution in [3.8, 4) is 5.75 Å². The van der Waals surface area contributed by atoms with Crippen molar-refractivity contribution in [1.29, 1.82) is 0 Å². The van der Waals surface area contributed by atoms with Gasteiger partial charge in [0, 0.05) is 11.4 Å². The summed E-state index contributed by atoms with van der Waals surface area (Å²) >= 11 is 5.87. The third kappa shape index (κ3) is 2.26. The first kappa shape index (κ1) is 11.1. The molecule has 0 aliphatic heterocycles. The molecule has 3 heteroatoms. The average Bonchev–Trinajstić information content (AvgIpc) is 2.11. The third-order valence-corrected chi connectivity index (χ3v) is 2.49. The topological polar surface area (TPSA) is 37.3 Å². The van der Waals surface area contributed by atoms with Gasteiger partial charge in [0.15, 0.2) is 0 Å². The van der Waals surface area contributed by atoms with E-state index in [-0.39, 0.29) is 11.7 Å². The zero-order chi connectivity index (χ0) is 10.7. The summed E-state index contributed by atoms with van der Waals surface area (Å²) in [5.41, 5.74) is 1.48. The minimum absolute atomic E-state index is 0.00454. The number of phenols is 1. The van der Waals surface area contributed by atoms with Gasteiger partial charge in [-0.1, -0.05) is 18.5 Å². The largest absolute Gasteiger partial charge is 0.507 e. The first-order chi connectivity index (χ1) is 6.56. The van der Waals surface area contributed by atoms with Gasteiger partial charge in [-0.05, 0) is 36.1 Å². The lowest BCUT2D eigenvalue weighted by molar-refractivity contribution is -0.108. The molecule has 0 aromatic heterocycles. The predicted molar refractivity (Wildman–Crippen MR) is 56.9 cm³/mol. The van der Waals surface area contributed by atoms with E-state index < -0.39 is 0 Å². The molecule has 1 rings (SSSR count). The Morgan fingerprint density at radius 2 is 2.21 bits per heavy atom. The maximum absolute atomic E-state index is 10.4. The average molecular weight is 213 g/mol. The number of halogens is 1. The van der Waals surface area contributed by atoms with Gasteiger partial charge in [-0.25, -0.2) is 0 Å². The van der Waals surface area contributed by atoms with E-state index >= 15 is 0 Å². The van der Waals surface area contributed by atoms with Crippen LogP contribution in [0.4, 0.5) is 0 Å². The minimum atomic E-state index is 0.00454. The summed E-state index contributed by atoms with van der Waals surface area (Å²) in [6.07, 6.45) is 1.24. The fraction of sp³-hybridized carbons (Fsp3) is 0.364. The van der Waals surface area contributed by atoms with Gasteiger partial charge in [-0.3, -0.25) is 0 Å². The second-order valence-corrected chi connectivity index (χ2v) is 3.90. The van der Waals surface area contributed by atoms with Gasteiger partial charge in [-0.2, -0.15) is 0 Å². The van der Waals surface area contributed by atoms with Crippen LogP contribution in [-0.4, -0.2) is 11.4 Å². The molecular formula is C11H13ClO2. The summed E-state index contributed by atoms with van der Waals surface area (Å²) in [5.74, 6) is 0.244. The molecule has 76 valence electrons. The van der Waals surface area contributed by atoms with Crippen LogP contribution >= 0.6 is 11.6 Å². The molecule has 14 heavy (non-hydrogen) atoms. The normalized spacial score (nSPS) is 12.5. The summed E-state index contributed by atoms with van der Waals surface area (Å²) < 4.78 is 0. The number of carbonyl (C=O) groups is 1.